The molecule has 1 fully saturated rings. The normalized spacial score (nSPS) is 15.9. The molecule has 32 heavy (non-hydrogen) atoms. The quantitative estimate of drug-likeness (QED) is 0.576. The number of carboxylic acid groups (broad SMARTS) is 1. The van der Waals surface area contributed by atoms with Crippen molar-refractivity contribution in [1.29, 1.82) is 0 Å². The highest BCUT2D eigenvalue weighted by atomic mass is 35.5. The third kappa shape index (κ3) is 4.19. The Bertz CT molecular complexity index is 1200. The zero-order valence-corrected chi connectivity index (χ0v) is 19.5. The molecule has 2 heterocycles. The van der Waals surface area contributed by atoms with E-state index in [4.69, 9.17) is 11.6 Å². The van der Waals surface area contributed by atoms with E-state index in [-0.39, 0.29) is 27.1 Å². The van der Waals surface area contributed by atoms with Crippen molar-refractivity contribution in [3.05, 3.63) is 75.2 Å². The second kappa shape index (κ2) is 8.72. The molecular formula is C26H29ClN2O3. The number of likely N-dealkylation sites (tertiary alicyclic amines) is 1. The van der Waals surface area contributed by atoms with E-state index in [0.29, 0.717) is 29.1 Å². The topological polar surface area (TPSA) is 62.5 Å². The van der Waals surface area contributed by atoms with Crippen LogP contribution >= 0.6 is 11.6 Å². The minimum Gasteiger partial charge on any atom is -0.478 e. The summed E-state index contributed by atoms with van der Waals surface area (Å²) in [5, 5.41) is 11.2. The summed E-state index contributed by atoms with van der Waals surface area (Å²) in [7, 11) is 0. The van der Waals surface area contributed by atoms with E-state index in [9.17, 15) is 14.7 Å². The van der Waals surface area contributed by atoms with Crippen molar-refractivity contribution in [3.63, 3.8) is 0 Å². The largest absolute Gasteiger partial charge is 0.478 e. The lowest BCUT2D eigenvalue weighted by Crippen LogP contribution is -2.46. The number of pyridine rings is 1. The van der Waals surface area contributed by atoms with Crippen molar-refractivity contribution in [3.8, 4) is 5.69 Å². The maximum Gasteiger partial charge on any atom is 0.338 e. The van der Waals surface area contributed by atoms with Gasteiger partial charge in [0.05, 0.1) is 16.0 Å². The van der Waals surface area contributed by atoms with Crippen molar-refractivity contribution < 1.29 is 9.90 Å². The van der Waals surface area contributed by atoms with Gasteiger partial charge in [0, 0.05) is 22.3 Å². The van der Waals surface area contributed by atoms with E-state index < -0.39 is 5.97 Å². The molecule has 1 N–H and O–H groups in total. The fourth-order valence-corrected chi connectivity index (χ4v) is 5.07. The summed E-state index contributed by atoms with van der Waals surface area (Å²) < 4.78 is 1.56. The van der Waals surface area contributed by atoms with Crippen LogP contribution in [0.3, 0.4) is 0 Å². The van der Waals surface area contributed by atoms with E-state index in [1.807, 2.05) is 30.3 Å². The van der Waals surface area contributed by atoms with Crippen LogP contribution in [0.5, 0.6) is 0 Å². The van der Waals surface area contributed by atoms with Gasteiger partial charge in [0.1, 0.15) is 0 Å². The molecule has 168 valence electrons. The molecule has 1 aromatic heterocycles. The first kappa shape index (κ1) is 22.6. The summed E-state index contributed by atoms with van der Waals surface area (Å²) in [5.74, 6) is -0.734. The molecule has 0 saturated carbocycles. The molecule has 0 unspecified atom stereocenters. The van der Waals surface area contributed by atoms with Gasteiger partial charge < -0.3 is 5.11 Å². The van der Waals surface area contributed by atoms with Crippen LogP contribution in [0.2, 0.25) is 5.02 Å². The zero-order chi connectivity index (χ0) is 23.0. The first-order valence-electron chi connectivity index (χ1n) is 11.1. The third-order valence-corrected chi connectivity index (χ3v) is 6.85. The minimum atomic E-state index is -1.04. The lowest BCUT2D eigenvalue weighted by Gasteiger charge is -2.41. The number of aromatic carboxylic acids is 1. The summed E-state index contributed by atoms with van der Waals surface area (Å²) in [6.45, 7) is 8.58. The molecule has 5 nitrogen and oxygen atoms in total. The van der Waals surface area contributed by atoms with Crippen molar-refractivity contribution >= 4 is 28.3 Å². The SMILES string of the molecule is CC(C)(C)N1CCC(Cc2c(C(=O)O)c3cccc(Cl)c3c(=O)n2-c2ccccc2)CC1. The molecule has 0 atom stereocenters. The number of para-hydroxylation sites is 1. The molecule has 0 amide bonds. The van der Waals surface area contributed by atoms with Gasteiger partial charge in [-0.05, 0) is 77.2 Å². The monoisotopic (exact) mass is 452 g/mol. The average Bonchev–Trinajstić information content (AvgIpc) is 2.74. The molecule has 0 aliphatic carbocycles. The summed E-state index contributed by atoms with van der Waals surface area (Å²) >= 11 is 6.39. The number of hydrogen-bond donors (Lipinski definition) is 1. The van der Waals surface area contributed by atoms with Crippen LogP contribution in [0.25, 0.3) is 16.5 Å². The first-order valence-corrected chi connectivity index (χ1v) is 11.5. The molecule has 1 aliphatic heterocycles. The molecule has 6 heteroatoms. The molecule has 1 saturated heterocycles. The van der Waals surface area contributed by atoms with Crippen LogP contribution in [0, 0.1) is 5.92 Å². The Labute approximate surface area is 193 Å². The molecule has 4 rings (SSSR count). The Morgan fingerprint density at radius 2 is 1.72 bits per heavy atom. The van der Waals surface area contributed by atoms with Crippen LogP contribution in [-0.4, -0.2) is 39.2 Å². The summed E-state index contributed by atoms with van der Waals surface area (Å²) in [6.07, 6.45) is 2.46. The number of piperidine rings is 1. The molecule has 3 aromatic rings. The fraction of sp³-hybridized carbons (Fsp3) is 0.385. The summed E-state index contributed by atoms with van der Waals surface area (Å²) in [4.78, 5) is 28.6. The Kier molecular flexibility index (Phi) is 6.15. The predicted molar refractivity (Wildman–Crippen MR) is 129 cm³/mol. The third-order valence-electron chi connectivity index (χ3n) is 6.53. The molecule has 1 aliphatic rings. The van der Waals surface area contributed by atoms with Gasteiger partial charge in [0.15, 0.2) is 0 Å². The van der Waals surface area contributed by atoms with E-state index in [1.165, 1.54) is 0 Å². The molecule has 0 radical (unpaired) electrons. The molecule has 0 spiro atoms. The Morgan fingerprint density at radius 3 is 2.31 bits per heavy atom. The number of hydrogen-bond acceptors (Lipinski definition) is 3. The van der Waals surface area contributed by atoms with E-state index in [1.54, 1.807) is 22.8 Å². The molecule has 2 aromatic carbocycles. The van der Waals surface area contributed by atoms with Gasteiger partial charge in [-0.3, -0.25) is 14.3 Å². The van der Waals surface area contributed by atoms with Gasteiger partial charge in [-0.15, -0.1) is 0 Å². The van der Waals surface area contributed by atoms with Crippen LogP contribution < -0.4 is 5.56 Å². The van der Waals surface area contributed by atoms with Crippen molar-refractivity contribution in [2.24, 2.45) is 5.92 Å². The summed E-state index contributed by atoms with van der Waals surface area (Å²) in [5.41, 5.74) is 1.22. The predicted octanol–water partition coefficient (Wildman–Crippen LogP) is 5.40. The van der Waals surface area contributed by atoms with Crippen molar-refractivity contribution in [1.82, 2.24) is 9.47 Å². The second-order valence-corrected chi connectivity index (χ2v) is 9.98. The van der Waals surface area contributed by atoms with Gasteiger partial charge in [-0.1, -0.05) is 41.9 Å². The highest BCUT2D eigenvalue weighted by molar-refractivity contribution is 6.35. The lowest BCUT2D eigenvalue weighted by molar-refractivity contribution is 0.0695. The zero-order valence-electron chi connectivity index (χ0n) is 18.8. The standard InChI is InChI=1S/C26H29ClN2O3/c1-26(2,3)28-14-12-17(13-15-28)16-21-23(25(31)32)19-10-7-11-20(27)22(19)24(30)29(21)18-8-5-4-6-9-18/h4-11,17H,12-16H2,1-3H3,(H,31,32). The fourth-order valence-electron chi connectivity index (χ4n) is 4.81. The van der Waals surface area contributed by atoms with Gasteiger partial charge >= 0.3 is 5.97 Å². The van der Waals surface area contributed by atoms with Crippen LogP contribution in [0.15, 0.2) is 53.3 Å². The van der Waals surface area contributed by atoms with E-state index in [0.717, 1.165) is 25.9 Å². The minimum absolute atomic E-state index is 0.114. The van der Waals surface area contributed by atoms with Gasteiger partial charge in [-0.2, -0.15) is 0 Å². The Balaban J connectivity index is 1.88. The molecular weight excluding hydrogens is 424 g/mol. The Hall–Kier alpha value is -2.63. The number of carbonyl (C=O) groups is 1. The smallest absolute Gasteiger partial charge is 0.338 e. The first-order chi connectivity index (χ1) is 15.2. The van der Waals surface area contributed by atoms with Crippen LogP contribution in [-0.2, 0) is 6.42 Å². The number of nitrogens with zero attached hydrogens (tertiary/aromatic N) is 2. The summed E-state index contributed by atoms with van der Waals surface area (Å²) in [6, 6.07) is 14.3. The number of rotatable bonds is 4. The number of carboxylic acids is 1. The number of benzene rings is 2. The van der Waals surface area contributed by atoms with Gasteiger partial charge in [0.25, 0.3) is 5.56 Å². The van der Waals surface area contributed by atoms with Crippen LogP contribution in [0.4, 0.5) is 0 Å². The van der Waals surface area contributed by atoms with E-state index in [2.05, 4.69) is 25.7 Å². The molecule has 0 bridgehead atoms. The van der Waals surface area contributed by atoms with E-state index >= 15 is 0 Å². The lowest BCUT2D eigenvalue weighted by atomic mass is 9.87. The van der Waals surface area contributed by atoms with Crippen molar-refractivity contribution in [2.45, 2.75) is 45.6 Å². The maximum atomic E-state index is 13.6. The average molecular weight is 453 g/mol. The number of fused-ring (bicyclic) bond motifs is 1. The van der Waals surface area contributed by atoms with Gasteiger partial charge in [0.2, 0.25) is 0 Å². The number of aromatic nitrogens is 1. The highest BCUT2D eigenvalue weighted by Gasteiger charge is 2.30. The van der Waals surface area contributed by atoms with Gasteiger partial charge in [-0.25, -0.2) is 4.79 Å². The maximum absolute atomic E-state index is 13.6. The van der Waals surface area contributed by atoms with Crippen molar-refractivity contribution in [2.75, 3.05) is 13.1 Å². The van der Waals surface area contributed by atoms with Crippen LogP contribution in [0.1, 0.15) is 49.7 Å². The highest BCUT2D eigenvalue weighted by Crippen LogP contribution is 2.32. The second-order valence-electron chi connectivity index (χ2n) is 9.57. The Morgan fingerprint density at radius 1 is 1.06 bits per heavy atom. The number of halogens is 1.